The number of carbonyl (C=O) groups excluding carboxylic acids is 1. The third-order valence-corrected chi connectivity index (χ3v) is 7.36. The Morgan fingerprint density at radius 3 is 2.47 bits per heavy atom. The molecular formula is C27H33FIN5O4. The van der Waals surface area contributed by atoms with Crippen molar-refractivity contribution in [1.82, 2.24) is 19.4 Å². The number of ether oxygens (including phenoxy) is 1. The lowest BCUT2D eigenvalue weighted by molar-refractivity contribution is -0.120. The average Bonchev–Trinajstić information content (AvgIpc) is 3.16. The lowest BCUT2D eigenvalue weighted by Gasteiger charge is -2.32. The van der Waals surface area contributed by atoms with Gasteiger partial charge in [-0.15, -0.1) is 0 Å². The molecule has 1 aromatic heterocycles. The molecule has 0 bridgehead atoms. The fourth-order valence-electron chi connectivity index (χ4n) is 4.50. The molecule has 204 valence electrons. The van der Waals surface area contributed by atoms with E-state index in [-0.39, 0.29) is 23.2 Å². The number of anilines is 1. The number of aromatic hydroxyl groups is 1. The third-order valence-electron chi connectivity index (χ3n) is 6.68. The lowest BCUT2D eigenvalue weighted by atomic mass is 10.0. The number of H-pyrrole nitrogens is 1. The number of amides is 1. The first-order chi connectivity index (χ1) is 18.1. The molecule has 0 radical (unpaired) electrons. The van der Waals surface area contributed by atoms with E-state index in [0.29, 0.717) is 21.5 Å². The minimum atomic E-state index is -1.07. The summed E-state index contributed by atoms with van der Waals surface area (Å²) in [6.07, 6.45) is 0. The highest BCUT2D eigenvalue weighted by Crippen LogP contribution is 2.32. The van der Waals surface area contributed by atoms with Gasteiger partial charge in [0.1, 0.15) is 29.9 Å². The first-order valence-corrected chi connectivity index (χ1v) is 13.7. The average molecular weight is 637 g/mol. The van der Waals surface area contributed by atoms with Gasteiger partial charge in [0.25, 0.3) is 0 Å². The van der Waals surface area contributed by atoms with E-state index in [1.165, 1.54) is 12.1 Å². The van der Waals surface area contributed by atoms with Crippen molar-refractivity contribution < 1.29 is 19.0 Å². The van der Waals surface area contributed by atoms with Crippen LogP contribution in [0.5, 0.6) is 11.6 Å². The second-order valence-electron chi connectivity index (χ2n) is 9.82. The molecule has 1 atom stereocenters. The Labute approximate surface area is 234 Å². The molecule has 1 aliphatic rings. The smallest absolute Gasteiger partial charge is 0.329 e. The Kier molecular flexibility index (Phi) is 9.11. The number of aromatic nitrogens is 2. The maximum absolute atomic E-state index is 14.3. The molecule has 1 saturated heterocycles. The van der Waals surface area contributed by atoms with E-state index in [9.17, 15) is 19.1 Å². The summed E-state index contributed by atoms with van der Waals surface area (Å²) in [5.74, 6) is -1.24. The molecule has 3 N–H and O–H groups in total. The number of carbonyl (C=O) groups is 1. The van der Waals surface area contributed by atoms with Gasteiger partial charge in [0.2, 0.25) is 11.8 Å². The van der Waals surface area contributed by atoms with E-state index in [1.807, 2.05) is 22.6 Å². The van der Waals surface area contributed by atoms with Crippen molar-refractivity contribution in [1.29, 1.82) is 0 Å². The molecule has 3 aromatic rings. The Hall–Kier alpha value is -2.90. The number of aromatic amines is 1. The van der Waals surface area contributed by atoms with Crippen LogP contribution >= 0.6 is 22.6 Å². The van der Waals surface area contributed by atoms with Crippen molar-refractivity contribution in [2.24, 2.45) is 5.92 Å². The standard InChI is InChI=1S/C27H33FIN5O4/c1-17(2)24(25(35)30-22-9-6-19(29)16-21(22)28)34-26(36)23(31-27(34)37)18-4-7-20(8-5-18)38-15-14-33-12-10-32(3)11-13-33/h4-9,16-17,24,36H,10-15H2,1-3H3,(H,30,35)(H,31,37)/t24-/m0/s1. The Balaban J connectivity index is 1.47. The normalized spacial score (nSPS) is 15.5. The molecule has 1 fully saturated rings. The highest BCUT2D eigenvalue weighted by atomic mass is 127. The van der Waals surface area contributed by atoms with Gasteiger partial charge in [0.15, 0.2) is 0 Å². The summed E-state index contributed by atoms with van der Waals surface area (Å²) < 4.78 is 21.9. The topological polar surface area (TPSA) is 103 Å². The van der Waals surface area contributed by atoms with Crippen LogP contribution in [0.1, 0.15) is 19.9 Å². The number of halogens is 2. The first kappa shape index (κ1) is 28.1. The molecule has 1 amide bonds. The molecule has 38 heavy (non-hydrogen) atoms. The zero-order valence-electron chi connectivity index (χ0n) is 21.7. The van der Waals surface area contributed by atoms with Gasteiger partial charge in [-0.2, -0.15) is 0 Å². The maximum Gasteiger partial charge on any atom is 0.329 e. The number of nitrogens with zero attached hydrogens (tertiary/aromatic N) is 3. The van der Waals surface area contributed by atoms with Crippen LogP contribution in [0, 0.1) is 15.3 Å². The summed E-state index contributed by atoms with van der Waals surface area (Å²) in [6.45, 7) is 9.07. The van der Waals surface area contributed by atoms with E-state index in [1.54, 1.807) is 44.2 Å². The van der Waals surface area contributed by atoms with E-state index < -0.39 is 23.5 Å². The van der Waals surface area contributed by atoms with Crippen LogP contribution in [-0.2, 0) is 4.79 Å². The molecule has 2 heterocycles. The summed E-state index contributed by atoms with van der Waals surface area (Å²) >= 11 is 1.98. The summed E-state index contributed by atoms with van der Waals surface area (Å²) in [5.41, 5.74) is 0.128. The molecule has 4 rings (SSSR count). The van der Waals surface area contributed by atoms with Gasteiger partial charge in [-0.25, -0.2) is 13.8 Å². The van der Waals surface area contributed by atoms with Crippen molar-refractivity contribution in [2.45, 2.75) is 19.9 Å². The summed E-state index contributed by atoms with van der Waals surface area (Å²) in [4.78, 5) is 33.4. The van der Waals surface area contributed by atoms with Crippen molar-refractivity contribution in [3.8, 4) is 22.9 Å². The predicted octanol–water partition coefficient (Wildman–Crippen LogP) is 3.75. The summed E-state index contributed by atoms with van der Waals surface area (Å²) in [5, 5.41) is 13.5. The van der Waals surface area contributed by atoms with Gasteiger partial charge >= 0.3 is 5.69 Å². The van der Waals surface area contributed by atoms with E-state index >= 15 is 0 Å². The fraction of sp³-hybridized carbons (Fsp3) is 0.407. The second kappa shape index (κ2) is 12.3. The van der Waals surface area contributed by atoms with Crippen LogP contribution in [-0.4, -0.2) is 76.7 Å². The van der Waals surface area contributed by atoms with Crippen LogP contribution in [0.2, 0.25) is 0 Å². The number of hydrogen-bond donors (Lipinski definition) is 3. The zero-order valence-corrected chi connectivity index (χ0v) is 23.9. The Bertz CT molecular complexity index is 1320. The molecular weight excluding hydrogens is 604 g/mol. The van der Waals surface area contributed by atoms with Crippen molar-refractivity contribution in [3.63, 3.8) is 0 Å². The number of imidazole rings is 1. The number of rotatable bonds is 9. The van der Waals surface area contributed by atoms with Crippen LogP contribution < -0.4 is 15.7 Å². The van der Waals surface area contributed by atoms with Gasteiger partial charge in [0, 0.05) is 41.9 Å². The van der Waals surface area contributed by atoms with Crippen LogP contribution in [0.15, 0.2) is 47.3 Å². The molecule has 0 spiro atoms. The summed E-state index contributed by atoms with van der Waals surface area (Å²) in [7, 11) is 2.12. The highest BCUT2D eigenvalue weighted by molar-refractivity contribution is 14.1. The van der Waals surface area contributed by atoms with Gasteiger partial charge < -0.3 is 25.0 Å². The SMILES string of the molecule is CC(C)[C@@H](C(=O)Nc1ccc(I)cc1F)n1c(O)c(-c2ccc(OCCN3CCN(C)CC3)cc2)[nH]c1=O. The van der Waals surface area contributed by atoms with Crippen LogP contribution in [0.4, 0.5) is 10.1 Å². The van der Waals surface area contributed by atoms with Crippen molar-refractivity contribution >= 4 is 34.2 Å². The highest BCUT2D eigenvalue weighted by Gasteiger charge is 2.31. The Morgan fingerprint density at radius 1 is 1.16 bits per heavy atom. The molecule has 11 heteroatoms. The van der Waals surface area contributed by atoms with Gasteiger partial charge in [-0.3, -0.25) is 9.69 Å². The minimum Gasteiger partial charge on any atom is -0.493 e. The van der Waals surface area contributed by atoms with Crippen molar-refractivity contribution in [2.75, 3.05) is 51.7 Å². The first-order valence-electron chi connectivity index (χ1n) is 12.6. The van der Waals surface area contributed by atoms with Crippen LogP contribution in [0.25, 0.3) is 11.3 Å². The van der Waals surface area contributed by atoms with E-state index in [2.05, 4.69) is 27.1 Å². The maximum atomic E-state index is 14.3. The van der Waals surface area contributed by atoms with Gasteiger partial charge in [-0.05, 0) is 78.0 Å². The number of likely N-dealkylation sites (N-methyl/N-ethyl adjacent to an activating group) is 1. The molecule has 0 saturated carbocycles. The van der Waals surface area contributed by atoms with E-state index in [4.69, 9.17) is 4.74 Å². The quantitative estimate of drug-likeness (QED) is 0.309. The fourth-order valence-corrected chi connectivity index (χ4v) is 4.95. The Morgan fingerprint density at radius 2 is 1.84 bits per heavy atom. The minimum absolute atomic E-state index is 0.00701. The van der Waals surface area contributed by atoms with Crippen LogP contribution in [0.3, 0.4) is 0 Å². The molecule has 1 aliphatic heterocycles. The number of nitrogens with one attached hydrogen (secondary N) is 2. The summed E-state index contributed by atoms with van der Waals surface area (Å²) in [6, 6.07) is 10.4. The largest absolute Gasteiger partial charge is 0.493 e. The number of piperazine rings is 1. The molecule has 9 nitrogen and oxygen atoms in total. The number of benzene rings is 2. The monoisotopic (exact) mass is 637 g/mol. The molecule has 0 unspecified atom stereocenters. The van der Waals surface area contributed by atoms with Gasteiger partial charge in [-0.1, -0.05) is 13.8 Å². The second-order valence-corrected chi connectivity index (χ2v) is 11.1. The zero-order chi connectivity index (χ0) is 27.4. The predicted molar refractivity (Wildman–Crippen MR) is 153 cm³/mol. The lowest BCUT2D eigenvalue weighted by Crippen LogP contribution is -2.45. The third kappa shape index (κ3) is 6.56. The van der Waals surface area contributed by atoms with E-state index in [0.717, 1.165) is 37.3 Å². The van der Waals surface area contributed by atoms with Crippen molar-refractivity contribution in [3.05, 3.63) is 62.3 Å². The molecule has 2 aromatic carbocycles. The van der Waals surface area contributed by atoms with Gasteiger partial charge in [0.05, 0.1) is 5.69 Å². The molecule has 0 aliphatic carbocycles. The number of hydrogen-bond acceptors (Lipinski definition) is 6.